The molecular formula is C15H18N2O4. The van der Waals surface area contributed by atoms with Crippen molar-refractivity contribution >= 4 is 17.8 Å². The van der Waals surface area contributed by atoms with Crippen LogP contribution in [0.2, 0.25) is 0 Å². The molecule has 1 atom stereocenters. The average Bonchev–Trinajstić information content (AvgIpc) is 2.83. The molecule has 6 nitrogen and oxygen atoms in total. The van der Waals surface area contributed by atoms with E-state index in [1.54, 1.807) is 26.0 Å². The van der Waals surface area contributed by atoms with Gasteiger partial charge in [-0.15, -0.1) is 0 Å². The molecular weight excluding hydrogens is 272 g/mol. The van der Waals surface area contributed by atoms with Crippen LogP contribution in [-0.4, -0.2) is 35.5 Å². The highest BCUT2D eigenvalue weighted by Gasteiger charge is 2.24. The number of aryl methyl sites for hydroxylation is 2. The number of hydrogen-bond donors (Lipinski definition) is 3. The van der Waals surface area contributed by atoms with Crippen molar-refractivity contribution in [3.8, 4) is 0 Å². The fraction of sp³-hybridized carbons (Fsp3) is 0.400. The fourth-order valence-electron chi connectivity index (χ4n) is 2.51. The molecule has 1 aromatic carbocycles. The summed E-state index contributed by atoms with van der Waals surface area (Å²) < 4.78 is 0. The van der Waals surface area contributed by atoms with E-state index in [1.807, 2.05) is 0 Å². The zero-order valence-electron chi connectivity index (χ0n) is 12.0. The second kappa shape index (κ2) is 5.95. The SMILES string of the molecule is Cc1ccc(C)c(C(=O)NCC2CCC(=O)N2)c1C(=O)O. The molecule has 1 aliphatic heterocycles. The molecule has 2 amide bonds. The Labute approximate surface area is 122 Å². The summed E-state index contributed by atoms with van der Waals surface area (Å²) in [6.45, 7) is 3.67. The number of rotatable bonds is 4. The van der Waals surface area contributed by atoms with Crippen molar-refractivity contribution < 1.29 is 19.5 Å². The molecule has 6 heteroatoms. The number of hydrogen-bond acceptors (Lipinski definition) is 3. The van der Waals surface area contributed by atoms with Gasteiger partial charge < -0.3 is 15.7 Å². The van der Waals surface area contributed by atoms with E-state index >= 15 is 0 Å². The lowest BCUT2D eigenvalue weighted by atomic mass is 9.96. The largest absolute Gasteiger partial charge is 0.478 e. The smallest absolute Gasteiger partial charge is 0.336 e. The number of benzene rings is 1. The zero-order valence-corrected chi connectivity index (χ0v) is 12.0. The number of carbonyl (C=O) groups excluding carboxylic acids is 2. The van der Waals surface area contributed by atoms with Crippen molar-refractivity contribution in [3.05, 3.63) is 34.4 Å². The van der Waals surface area contributed by atoms with Gasteiger partial charge >= 0.3 is 5.97 Å². The molecule has 0 bridgehead atoms. The second-order valence-corrected chi connectivity index (χ2v) is 5.27. The molecule has 0 aliphatic carbocycles. The Bertz CT molecular complexity index is 610. The van der Waals surface area contributed by atoms with Crippen LogP contribution >= 0.6 is 0 Å². The van der Waals surface area contributed by atoms with Crippen molar-refractivity contribution in [1.82, 2.24) is 10.6 Å². The predicted octanol–water partition coefficient (Wildman–Crippen LogP) is 1.01. The number of amides is 2. The molecule has 1 unspecified atom stereocenters. The van der Waals surface area contributed by atoms with Gasteiger partial charge in [0.2, 0.25) is 5.91 Å². The number of carbonyl (C=O) groups is 3. The molecule has 1 aromatic rings. The van der Waals surface area contributed by atoms with Gasteiger partial charge in [-0.2, -0.15) is 0 Å². The molecule has 0 spiro atoms. The first kappa shape index (κ1) is 15.0. The van der Waals surface area contributed by atoms with Gasteiger partial charge in [-0.1, -0.05) is 12.1 Å². The molecule has 21 heavy (non-hydrogen) atoms. The van der Waals surface area contributed by atoms with Crippen molar-refractivity contribution in [3.63, 3.8) is 0 Å². The molecule has 3 N–H and O–H groups in total. The van der Waals surface area contributed by atoms with E-state index < -0.39 is 11.9 Å². The van der Waals surface area contributed by atoms with E-state index in [4.69, 9.17) is 0 Å². The Morgan fingerprint density at radius 1 is 1.29 bits per heavy atom. The van der Waals surface area contributed by atoms with Crippen LogP contribution in [0.5, 0.6) is 0 Å². The Balaban J connectivity index is 2.17. The molecule has 0 radical (unpaired) electrons. The topological polar surface area (TPSA) is 95.5 Å². The standard InChI is InChI=1S/C15H18N2O4/c1-8-3-4-9(2)13(15(20)21)12(8)14(19)16-7-10-5-6-11(18)17-10/h3-4,10H,5-7H2,1-2H3,(H,16,19)(H,17,18)(H,20,21). The van der Waals surface area contributed by atoms with Crippen LogP contribution in [0, 0.1) is 13.8 Å². The first-order valence-corrected chi connectivity index (χ1v) is 6.81. The predicted molar refractivity (Wildman–Crippen MR) is 76.4 cm³/mol. The lowest BCUT2D eigenvalue weighted by Gasteiger charge is -2.15. The average molecular weight is 290 g/mol. The summed E-state index contributed by atoms with van der Waals surface area (Å²) in [5.74, 6) is -1.56. The third-order valence-electron chi connectivity index (χ3n) is 3.66. The Morgan fingerprint density at radius 3 is 2.43 bits per heavy atom. The van der Waals surface area contributed by atoms with Gasteiger partial charge in [0.1, 0.15) is 0 Å². The van der Waals surface area contributed by atoms with Gasteiger partial charge in [-0.25, -0.2) is 4.79 Å². The van der Waals surface area contributed by atoms with Crippen LogP contribution < -0.4 is 10.6 Å². The van der Waals surface area contributed by atoms with Crippen LogP contribution in [0.1, 0.15) is 44.7 Å². The number of nitrogens with one attached hydrogen (secondary N) is 2. The Kier molecular flexibility index (Phi) is 4.26. The van der Waals surface area contributed by atoms with Gasteiger partial charge in [-0.3, -0.25) is 9.59 Å². The van der Waals surface area contributed by atoms with Crippen molar-refractivity contribution in [2.24, 2.45) is 0 Å². The number of carboxylic acid groups (broad SMARTS) is 1. The third-order valence-corrected chi connectivity index (χ3v) is 3.66. The summed E-state index contributed by atoms with van der Waals surface area (Å²) in [6.07, 6.45) is 1.14. The summed E-state index contributed by atoms with van der Waals surface area (Å²) in [5, 5.41) is 14.8. The number of carboxylic acids is 1. The minimum Gasteiger partial charge on any atom is -0.478 e. The fourth-order valence-corrected chi connectivity index (χ4v) is 2.51. The van der Waals surface area contributed by atoms with Crippen LogP contribution in [-0.2, 0) is 4.79 Å². The van der Waals surface area contributed by atoms with E-state index in [9.17, 15) is 19.5 Å². The summed E-state index contributed by atoms with van der Waals surface area (Å²) in [4.78, 5) is 34.8. The summed E-state index contributed by atoms with van der Waals surface area (Å²) in [5.41, 5.74) is 1.38. The summed E-state index contributed by atoms with van der Waals surface area (Å²) >= 11 is 0. The van der Waals surface area contributed by atoms with Crippen molar-refractivity contribution in [2.45, 2.75) is 32.7 Å². The molecule has 112 valence electrons. The maximum atomic E-state index is 12.3. The minimum atomic E-state index is -1.12. The van der Waals surface area contributed by atoms with Gasteiger partial charge in [0, 0.05) is 19.0 Å². The van der Waals surface area contributed by atoms with E-state index in [2.05, 4.69) is 10.6 Å². The first-order valence-electron chi connectivity index (χ1n) is 6.81. The lowest BCUT2D eigenvalue weighted by molar-refractivity contribution is -0.119. The van der Waals surface area contributed by atoms with Gasteiger partial charge in [0.05, 0.1) is 11.1 Å². The Morgan fingerprint density at radius 2 is 1.90 bits per heavy atom. The number of aromatic carboxylic acids is 1. The van der Waals surface area contributed by atoms with Crippen LogP contribution in [0.15, 0.2) is 12.1 Å². The second-order valence-electron chi connectivity index (χ2n) is 5.27. The summed E-state index contributed by atoms with van der Waals surface area (Å²) in [7, 11) is 0. The molecule has 1 heterocycles. The first-order chi connectivity index (χ1) is 9.90. The minimum absolute atomic E-state index is 0.0211. The molecule has 1 fully saturated rings. The normalized spacial score (nSPS) is 17.4. The van der Waals surface area contributed by atoms with E-state index in [1.165, 1.54) is 0 Å². The van der Waals surface area contributed by atoms with Gasteiger partial charge in [0.15, 0.2) is 0 Å². The zero-order chi connectivity index (χ0) is 15.6. The lowest BCUT2D eigenvalue weighted by Crippen LogP contribution is -2.39. The van der Waals surface area contributed by atoms with Crippen LogP contribution in [0.3, 0.4) is 0 Å². The monoisotopic (exact) mass is 290 g/mol. The Hall–Kier alpha value is -2.37. The molecule has 1 saturated heterocycles. The van der Waals surface area contributed by atoms with E-state index in [-0.39, 0.29) is 23.1 Å². The maximum absolute atomic E-state index is 12.3. The highest BCUT2D eigenvalue weighted by atomic mass is 16.4. The molecule has 0 aromatic heterocycles. The molecule has 2 rings (SSSR count). The van der Waals surface area contributed by atoms with Gasteiger partial charge in [0.25, 0.3) is 5.91 Å². The van der Waals surface area contributed by atoms with Gasteiger partial charge in [-0.05, 0) is 31.4 Å². The van der Waals surface area contributed by atoms with E-state index in [0.29, 0.717) is 30.5 Å². The van der Waals surface area contributed by atoms with Crippen molar-refractivity contribution in [2.75, 3.05) is 6.54 Å². The maximum Gasteiger partial charge on any atom is 0.336 e. The van der Waals surface area contributed by atoms with Crippen LogP contribution in [0.25, 0.3) is 0 Å². The molecule has 0 saturated carbocycles. The van der Waals surface area contributed by atoms with Crippen LogP contribution in [0.4, 0.5) is 0 Å². The summed E-state index contributed by atoms with van der Waals surface area (Å²) in [6, 6.07) is 3.33. The van der Waals surface area contributed by atoms with E-state index in [0.717, 1.165) is 0 Å². The highest BCUT2D eigenvalue weighted by molar-refractivity contribution is 6.06. The van der Waals surface area contributed by atoms with Crippen molar-refractivity contribution in [1.29, 1.82) is 0 Å². The quantitative estimate of drug-likeness (QED) is 0.771. The molecule has 1 aliphatic rings. The third kappa shape index (κ3) is 3.21. The highest BCUT2D eigenvalue weighted by Crippen LogP contribution is 2.19.